The number of hydrogen-bond donors (Lipinski definition) is 0. The van der Waals surface area contributed by atoms with E-state index < -0.39 is 5.97 Å². The zero-order chi connectivity index (χ0) is 13.8. The van der Waals surface area contributed by atoms with E-state index in [1.807, 2.05) is 6.92 Å². The lowest BCUT2D eigenvalue weighted by atomic mass is 10.2. The molecular formula is C13H11ClN2O3. The maximum atomic E-state index is 11.9. The smallest absolute Gasteiger partial charge is 0.365 e. The molecule has 0 spiro atoms. The lowest BCUT2D eigenvalue weighted by Crippen LogP contribution is -2.11. The molecule has 98 valence electrons. The number of benzene rings is 1. The Kier molecular flexibility index (Phi) is 3.97. The second kappa shape index (κ2) is 5.67. The molecule has 0 saturated carbocycles. The number of aryl methyl sites for hydroxylation is 1. The summed E-state index contributed by atoms with van der Waals surface area (Å²) in [6.45, 7) is 2.49. The number of aromatic nitrogens is 2. The van der Waals surface area contributed by atoms with Crippen molar-refractivity contribution < 1.29 is 14.3 Å². The number of nitrogens with zero attached hydrogens (tertiary/aromatic N) is 2. The lowest BCUT2D eigenvalue weighted by molar-refractivity contribution is 0.0727. The summed E-state index contributed by atoms with van der Waals surface area (Å²) in [5.41, 5.74) is 0.482. The molecule has 0 aliphatic carbocycles. The van der Waals surface area contributed by atoms with Crippen LogP contribution in [0.5, 0.6) is 5.75 Å². The molecule has 6 heteroatoms. The van der Waals surface area contributed by atoms with Crippen LogP contribution in [0.1, 0.15) is 27.8 Å². The minimum Gasteiger partial charge on any atom is -0.422 e. The Morgan fingerprint density at radius 3 is 2.95 bits per heavy atom. The Hall–Kier alpha value is -2.14. The molecule has 2 rings (SSSR count). The van der Waals surface area contributed by atoms with E-state index in [9.17, 15) is 9.59 Å². The first-order valence-electron chi connectivity index (χ1n) is 5.64. The quantitative estimate of drug-likeness (QED) is 0.490. The van der Waals surface area contributed by atoms with Gasteiger partial charge in [-0.25, -0.2) is 4.79 Å². The molecule has 1 aromatic carbocycles. The fourth-order valence-electron chi connectivity index (χ4n) is 1.50. The molecule has 1 aromatic heterocycles. The summed E-state index contributed by atoms with van der Waals surface area (Å²) in [6.07, 6.45) is 2.23. The molecule has 0 amide bonds. The second-order valence-corrected chi connectivity index (χ2v) is 4.17. The van der Waals surface area contributed by atoms with Gasteiger partial charge in [-0.1, -0.05) is 23.7 Å². The number of aldehydes is 1. The van der Waals surface area contributed by atoms with Gasteiger partial charge in [-0.3, -0.25) is 9.48 Å². The van der Waals surface area contributed by atoms with E-state index in [2.05, 4.69) is 5.10 Å². The molecule has 0 atom stereocenters. The van der Waals surface area contributed by atoms with Crippen molar-refractivity contribution in [2.24, 2.45) is 0 Å². The number of ether oxygens (including phenoxy) is 1. The van der Waals surface area contributed by atoms with Crippen LogP contribution < -0.4 is 4.74 Å². The number of halogens is 1. The predicted octanol–water partition coefficient (Wildman–Crippen LogP) is 2.59. The summed E-state index contributed by atoms with van der Waals surface area (Å²) >= 11 is 5.90. The molecule has 5 nitrogen and oxygen atoms in total. The van der Waals surface area contributed by atoms with Gasteiger partial charge in [0.2, 0.25) is 0 Å². The molecule has 2 aromatic rings. The molecule has 0 N–H and O–H groups in total. The van der Waals surface area contributed by atoms with Crippen molar-refractivity contribution in [1.29, 1.82) is 0 Å². The van der Waals surface area contributed by atoms with E-state index >= 15 is 0 Å². The minimum atomic E-state index is -0.653. The van der Waals surface area contributed by atoms with Crippen molar-refractivity contribution in [1.82, 2.24) is 9.78 Å². The van der Waals surface area contributed by atoms with Crippen LogP contribution in [0, 0.1) is 0 Å². The van der Waals surface area contributed by atoms with E-state index in [1.165, 1.54) is 6.07 Å². The van der Waals surface area contributed by atoms with Gasteiger partial charge in [-0.15, -0.1) is 0 Å². The summed E-state index contributed by atoms with van der Waals surface area (Å²) in [4.78, 5) is 22.5. The molecule has 1 heterocycles. The van der Waals surface area contributed by atoms with Gasteiger partial charge >= 0.3 is 5.97 Å². The number of carbonyl (C=O) groups excluding carboxylic acids is 2. The van der Waals surface area contributed by atoms with Crippen LogP contribution in [-0.4, -0.2) is 22.0 Å². The topological polar surface area (TPSA) is 61.2 Å². The van der Waals surface area contributed by atoms with Crippen LogP contribution in [0.3, 0.4) is 0 Å². The Balaban J connectivity index is 2.20. The summed E-state index contributed by atoms with van der Waals surface area (Å²) in [6, 6.07) is 6.28. The first-order chi connectivity index (χ1) is 9.13. The summed E-state index contributed by atoms with van der Waals surface area (Å²) in [5.74, 6) is -0.378. The van der Waals surface area contributed by atoms with E-state index in [-0.39, 0.29) is 16.5 Å². The van der Waals surface area contributed by atoms with Crippen molar-refractivity contribution in [3.8, 4) is 5.75 Å². The Labute approximate surface area is 114 Å². The molecule has 19 heavy (non-hydrogen) atoms. The van der Waals surface area contributed by atoms with E-state index in [1.54, 1.807) is 29.1 Å². The van der Waals surface area contributed by atoms with Gasteiger partial charge < -0.3 is 4.74 Å². The van der Waals surface area contributed by atoms with E-state index in [0.717, 1.165) is 0 Å². The standard InChI is InChI=1S/C13H11ClN2O3/c1-2-16-7-11(14)12(15-16)13(18)19-10-5-3-4-9(6-10)8-17/h3-8H,2H2,1H3. The molecule has 0 fully saturated rings. The average Bonchev–Trinajstić information content (AvgIpc) is 2.80. The first kappa shape index (κ1) is 13.3. The highest BCUT2D eigenvalue weighted by atomic mass is 35.5. The van der Waals surface area contributed by atoms with Crippen molar-refractivity contribution in [3.05, 3.63) is 46.7 Å². The number of hydrogen-bond acceptors (Lipinski definition) is 4. The molecule has 0 radical (unpaired) electrons. The maximum absolute atomic E-state index is 11.9. The average molecular weight is 279 g/mol. The van der Waals surface area contributed by atoms with Crippen molar-refractivity contribution in [2.75, 3.05) is 0 Å². The summed E-state index contributed by atoms with van der Waals surface area (Å²) in [5, 5.41) is 4.24. The monoisotopic (exact) mass is 278 g/mol. The largest absolute Gasteiger partial charge is 0.422 e. The van der Waals surface area contributed by atoms with Crippen molar-refractivity contribution in [2.45, 2.75) is 13.5 Å². The zero-order valence-corrected chi connectivity index (χ0v) is 10.9. The van der Waals surface area contributed by atoms with Crippen LogP contribution in [0.15, 0.2) is 30.5 Å². The SMILES string of the molecule is CCn1cc(Cl)c(C(=O)Oc2cccc(C=O)c2)n1. The highest BCUT2D eigenvalue weighted by Crippen LogP contribution is 2.18. The number of esters is 1. The maximum Gasteiger partial charge on any atom is 0.365 e. The molecule has 0 bridgehead atoms. The fraction of sp³-hybridized carbons (Fsp3) is 0.154. The van der Waals surface area contributed by atoms with E-state index in [4.69, 9.17) is 16.3 Å². The van der Waals surface area contributed by atoms with Gasteiger partial charge in [0.25, 0.3) is 0 Å². The number of rotatable bonds is 4. The van der Waals surface area contributed by atoms with Crippen LogP contribution in [0.2, 0.25) is 5.02 Å². The van der Waals surface area contributed by atoms with Gasteiger partial charge in [0.15, 0.2) is 5.69 Å². The van der Waals surface area contributed by atoms with Gasteiger partial charge in [0.1, 0.15) is 12.0 Å². The third-order valence-electron chi connectivity index (χ3n) is 2.44. The molecule has 0 aliphatic heterocycles. The van der Waals surface area contributed by atoms with Gasteiger partial charge in [0.05, 0.1) is 5.02 Å². The van der Waals surface area contributed by atoms with Crippen LogP contribution in [0.4, 0.5) is 0 Å². The third-order valence-corrected chi connectivity index (χ3v) is 2.72. The molecule has 0 aliphatic rings. The van der Waals surface area contributed by atoms with Gasteiger partial charge in [-0.2, -0.15) is 5.10 Å². The second-order valence-electron chi connectivity index (χ2n) is 3.76. The third kappa shape index (κ3) is 3.00. The predicted molar refractivity (Wildman–Crippen MR) is 69.7 cm³/mol. The molecule has 0 unspecified atom stereocenters. The van der Waals surface area contributed by atoms with Crippen molar-refractivity contribution in [3.63, 3.8) is 0 Å². The molecular weight excluding hydrogens is 268 g/mol. The Bertz CT molecular complexity index is 622. The van der Waals surface area contributed by atoms with Crippen LogP contribution in [-0.2, 0) is 6.54 Å². The number of carbonyl (C=O) groups is 2. The van der Waals surface area contributed by atoms with Crippen LogP contribution >= 0.6 is 11.6 Å². The van der Waals surface area contributed by atoms with Crippen molar-refractivity contribution >= 4 is 23.9 Å². The Morgan fingerprint density at radius 1 is 1.53 bits per heavy atom. The van der Waals surface area contributed by atoms with Gasteiger partial charge in [0, 0.05) is 18.3 Å². The molecule has 0 saturated heterocycles. The zero-order valence-electron chi connectivity index (χ0n) is 10.2. The Morgan fingerprint density at radius 2 is 2.32 bits per heavy atom. The minimum absolute atomic E-state index is 0.0556. The van der Waals surface area contributed by atoms with Crippen LogP contribution in [0.25, 0.3) is 0 Å². The highest BCUT2D eigenvalue weighted by Gasteiger charge is 2.17. The first-order valence-corrected chi connectivity index (χ1v) is 6.02. The van der Waals surface area contributed by atoms with E-state index in [0.29, 0.717) is 18.4 Å². The summed E-state index contributed by atoms with van der Waals surface area (Å²) < 4.78 is 6.67. The highest BCUT2D eigenvalue weighted by molar-refractivity contribution is 6.33. The van der Waals surface area contributed by atoms with Gasteiger partial charge in [-0.05, 0) is 19.1 Å². The normalized spacial score (nSPS) is 10.2. The summed E-state index contributed by atoms with van der Waals surface area (Å²) in [7, 11) is 0. The lowest BCUT2D eigenvalue weighted by Gasteiger charge is -2.02. The fourth-order valence-corrected chi connectivity index (χ4v) is 1.73.